The minimum Gasteiger partial charge on any atom is -0.376 e. The normalized spacial score (nSPS) is 21.1. The van der Waals surface area contributed by atoms with Gasteiger partial charge in [-0.25, -0.2) is 9.97 Å². The molecule has 4 nitrogen and oxygen atoms in total. The summed E-state index contributed by atoms with van der Waals surface area (Å²) in [5, 5.41) is 3.62. The molecular formula is C9H12ClN3O. The summed E-state index contributed by atoms with van der Waals surface area (Å²) in [5.41, 5.74) is 0. The zero-order chi connectivity index (χ0) is 9.80. The van der Waals surface area contributed by atoms with Crippen molar-refractivity contribution in [3.05, 3.63) is 17.5 Å². The van der Waals surface area contributed by atoms with Crippen LogP contribution in [0.2, 0.25) is 5.15 Å². The van der Waals surface area contributed by atoms with Crippen LogP contribution < -0.4 is 5.32 Å². The Labute approximate surface area is 87.7 Å². The molecule has 76 valence electrons. The van der Waals surface area contributed by atoms with Crippen LogP contribution in [0.4, 0.5) is 5.82 Å². The summed E-state index contributed by atoms with van der Waals surface area (Å²) in [4.78, 5) is 7.84. The summed E-state index contributed by atoms with van der Waals surface area (Å²) in [6.07, 6.45) is 4.02. The number of hydrogen-bond donors (Lipinski definition) is 1. The second-order valence-corrected chi connectivity index (χ2v) is 3.63. The van der Waals surface area contributed by atoms with Crippen LogP contribution in [0.15, 0.2) is 12.4 Å². The Balaban J connectivity index is 1.85. The quantitative estimate of drug-likeness (QED) is 0.777. The molecule has 1 N–H and O–H groups in total. The van der Waals surface area contributed by atoms with Gasteiger partial charge in [0.1, 0.15) is 17.3 Å². The number of halogens is 1. The van der Waals surface area contributed by atoms with E-state index >= 15 is 0 Å². The lowest BCUT2D eigenvalue weighted by Crippen LogP contribution is -2.18. The molecule has 5 heteroatoms. The first kappa shape index (κ1) is 9.68. The molecule has 1 aliphatic heterocycles. The second-order valence-electron chi connectivity index (χ2n) is 3.24. The van der Waals surface area contributed by atoms with Gasteiger partial charge in [-0.3, -0.25) is 0 Å². The smallest absolute Gasteiger partial charge is 0.134 e. The fraction of sp³-hybridized carbons (Fsp3) is 0.556. The highest BCUT2D eigenvalue weighted by atomic mass is 35.5. The van der Waals surface area contributed by atoms with Crippen LogP contribution in [0, 0.1) is 0 Å². The molecule has 0 amide bonds. The first-order valence-electron chi connectivity index (χ1n) is 4.67. The molecule has 1 fully saturated rings. The minimum absolute atomic E-state index is 0.309. The van der Waals surface area contributed by atoms with Gasteiger partial charge in [0.15, 0.2) is 0 Å². The van der Waals surface area contributed by atoms with Crippen molar-refractivity contribution in [2.45, 2.75) is 18.9 Å². The lowest BCUT2D eigenvalue weighted by atomic mass is 10.2. The summed E-state index contributed by atoms with van der Waals surface area (Å²) in [6, 6.07) is 1.70. The minimum atomic E-state index is 0.309. The van der Waals surface area contributed by atoms with Gasteiger partial charge < -0.3 is 10.1 Å². The van der Waals surface area contributed by atoms with Gasteiger partial charge in [0.2, 0.25) is 0 Å². The summed E-state index contributed by atoms with van der Waals surface area (Å²) < 4.78 is 5.47. The van der Waals surface area contributed by atoms with Crippen LogP contribution in [0.1, 0.15) is 12.8 Å². The van der Waals surface area contributed by atoms with Gasteiger partial charge in [-0.2, -0.15) is 0 Å². The highest BCUT2D eigenvalue weighted by molar-refractivity contribution is 6.29. The third-order valence-corrected chi connectivity index (χ3v) is 2.38. The summed E-state index contributed by atoms with van der Waals surface area (Å²) >= 11 is 5.72. The maximum Gasteiger partial charge on any atom is 0.134 e. The molecule has 1 aromatic rings. The molecular weight excluding hydrogens is 202 g/mol. The van der Waals surface area contributed by atoms with Crippen LogP contribution in [-0.2, 0) is 4.74 Å². The molecule has 1 aromatic heterocycles. The zero-order valence-electron chi connectivity index (χ0n) is 7.74. The van der Waals surface area contributed by atoms with Crippen LogP contribution in [0.25, 0.3) is 0 Å². The Morgan fingerprint density at radius 2 is 2.50 bits per heavy atom. The fourth-order valence-corrected chi connectivity index (χ4v) is 1.60. The van der Waals surface area contributed by atoms with Gasteiger partial charge in [0.05, 0.1) is 6.10 Å². The molecule has 0 saturated carbocycles. The zero-order valence-corrected chi connectivity index (χ0v) is 8.50. The number of anilines is 1. The number of rotatable bonds is 3. The molecule has 2 rings (SSSR count). The predicted octanol–water partition coefficient (Wildman–Crippen LogP) is 1.72. The SMILES string of the molecule is Clc1cc(NC[C@H]2CCCO2)ncn1. The largest absolute Gasteiger partial charge is 0.376 e. The Kier molecular flexibility index (Phi) is 3.16. The Bertz CT molecular complexity index is 302. The van der Waals surface area contributed by atoms with Crippen molar-refractivity contribution < 1.29 is 4.74 Å². The number of hydrogen-bond acceptors (Lipinski definition) is 4. The molecule has 1 aliphatic rings. The fourth-order valence-electron chi connectivity index (χ4n) is 1.45. The summed E-state index contributed by atoms with van der Waals surface area (Å²) in [6.45, 7) is 1.66. The molecule has 0 unspecified atom stereocenters. The molecule has 0 aliphatic carbocycles. The van der Waals surface area contributed by atoms with E-state index in [1.165, 1.54) is 6.33 Å². The average Bonchev–Trinajstić information content (AvgIpc) is 2.67. The van der Waals surface area contributed by atoms with Gasteiger partial charge in [-0.15, -0.1) is 0 Å². The molecule has 1 saturated heterocycles. The number of ether oxygens (including phenoxy) is 1. The van der Waals surface area contributed by atoms with Crippen molar-refractivity contribution in [3.63, 3.8) is 0 Å². The van der Waals surface area contributed by atoms with E-state index in [-0.39, 0.29) is 0 Å². The second kappa shape index (κ2) is 4.57. The monoisotopic (exact) mass is 213 g/mol. The molecule has 0 bridgehead atoms. The van der Waals surface area contributed by atoms with Gasteiger partial charge in [-0.05, 0) is 12.8 Å². The van der Waals surface area contributed by atoms with E-state index in [1.54, 1.807) is 6.07 Å². The van der Waals surface area contributed by atoms with E-state index in [0.29, 0.717) is 11.3 Å². The maximum atomic E-state index is 5.72. The van der Waals surface area contributed by atoms with E-state index in [2.05, 4.69) is 15.3 Å². The summed E-state index contributed by atoms with van der Waals surface area (Å²) in [7, 11) is 0. The Morgan fingerprint density at radius 3 is 3.21 bits per heavy atom. The van der Waals surface area contributed by atoms with Crippen molar-refractivity contribution in [2.24, 2.45) is 0 Å². The molecule has 0 spiro atoms. The third-order valence-electron chi connectivity index (χ3n) is 2.17. The van der Waals surface area contributed by atoms with Gasteiger partial charge in [-0.1, -0.05) is 11.6 Å². The molecule has 14 heavy (non-hydrogen) atoms. The van der Waals surface area contributed by atoms with Crippen LogP contribution in [-0.4, -0.2) is 29.2 Å². The van der Waals surface area contributed by atoms with Crippen LogP contribution in [0.5, 0.6) is 0 Å². The van der Waals surface area contributed by atoms with Crippen molar-refractivity contribution in [2.75, 3.05) is 18.5 Å². The summed E-state index contributed by atoms with van der Waals surface area (Å²) in [5.74, 6) is 0.750. The number of nitrogens with zero attached hydrogens (tertiary/aromatic N) is 2. The van der Waals surface area contributed by atoms with Crippen LogP contribution >= 0.6 is 11.6 Å². The molecule has 2 heterocycles. The highest BCUT2D eigenvalue weighted by Crippen LogP contribution is 2.13. The first-order valence-corrected chi connectivity index (χ1v) is 5.05. The lowest BCUT2D eigenvalue weighted by molar-refractivity contribution is 0.120. The topological polar surface area (TPSA) is 47.0 Å². The van der Waals surface area contributed by atoms with E-state index in [4.69, 9.17) is 16.3 Å². The van der Waals surface area contributed by atoms with Crippen molar-refractivity contribution >= 4 is 17.4 Å². The Hall–Kier alpha value is -0.870. The maximum absolute atomic E-state index is 5.72. The number of nitrogens with one attached hydrogen (secondary N) is 1. The highest BCUT2D eigenvalue weighted by Gasteiger charge is 2.14. The van der Waals surface area contributed by atoms with E-state index in [1.807, 2.05) is 0 Å². The Morgan fingerprint density at radius 1 is 1.57 bits per heavy atom. The van der Waals surface area contributed by atoms with Crippen molar-refractivity contribution in [3.8, 4) is 0 Å². The average molecular weight is 214 g/mol. The van der Waals surface area contributed by atoms with E-state index in [0.717, 1.165) is 31.8 Å². The third kappa shape index (κ3) is 2.56. The molecule has 0 aromatic carbocycles. The van der Waals surface area contributed by atoms with Crippen molar-refractivity contribution in [1.29, 1.82) is 0 Å². The number of aromatic nitrogens is 2. The lowest BCUT2D eigenvalue weighted by Gasteiger charge is -2.10. The van der Waals surface area contributed by atoms with E-state index in [9.17, 15) is 0 Å². The first-order chi connectivity index (χ1) is 6.84. The standard InChI is InChI=1S/C9H12ClN3O/c10-8-4-9(13-6-12-8)11-5-7-2-1-3-14-7/h4,6-7H,1-3,5H2,(H,11,12,13)/t7-/m1/s1. The van der Waals surface area contributed by atoms with E-state index < -0.39 is 0 Å². The predicted molar refractivity (Wildman–Crippen MR) is 54.5 cm³/mol. The molecule has 0 radical (unpaired) electrons. The van der Waals surface area contributed by atoms with Gasteiger partial charge >= 0.3 is 0 Å². The van der Waals surface area contributed by atoms with Crippen molar-refractivity contribution in [1.82, 2.24) is 9.97 Å². The van der Waals surface area contributed by atoms with Gasteiger partial charge in [0, 0.05) is 19.2 Å². The van der Waals surface area contributed by atoms with Gasteiger partial charge in [0.25, 0.3) is 0 Å². The van der Waals surface area contributed by atoms with Crippen LogP contribution in [0.3, 0.4) is 0 Å². The molecule has 1 atom stereocenters.